The van der Waals surface area contributed by atoms with E-state index in [1.807, 2.05) is 19.2 Å². The smallest absolute Gasteiger partial charge is 0.273 e. The number of aromatic nitrogens is 5. The zero-order chi connectivity index (χ0) is 29.6. The molecule has 0 atom stereocenters. The summed E-state index contributed by atoms with van der Waals surface area (Å²) >= 11 is 0. The second kappa shape index (κ2) is 12.4. The number of methoxy groups -OCH3 is 1. The van der Waals surface area contributed by atoms with Crippen LogP contribution in [0.4, 0.5) is 17.3 Å². The van der Waals surface area contributed by atoms with Crippen LogP contribution < -0.4 is 20.7 Å². The first kappa shape index (κ1) is 23.0. The molecule has 4 rings (SSSR count). The lowest BCUT2D eigenvalue weighted by atomic mass is 10.1. The van der Waals surface area contributed by atoms with Gasteiger partial charge in [-0.05, 0) is 12.0 Å². The van der Waals surface area contributed by atoms with E-state index in [-0.39, 0.29) is 52.8 Å². The van der Waals surface area contributed by atoms with E-state index < -0.39 is 12.9 Å². The van der Waals surface area contributed by atoms with Crippen molar-refractivity contribution in [1.82, 2.24) is 35.5 Å². The number of nitrogens with zero attached hydrogens (tertiary/aromatic N) is 6. The number of carbonyl (C=O) groups excluding carboxylic acids is 2. The molecule has 0 unspecified atom stereocenters. The summed E-state index contributed by atoms with van der Waals surface area (Å²) in [6.45, 7) is 4.24. The van der Waals surface area contributed by atoms with Crippen molar-refractivity contribution < 1.29 is 27.7 Å². The first-order valence-corrected chi connectivity index (χ1v) is 12.0. The summed E-state index contributed by atoms with van der Waals surface area (Å²) in [6.07, 6.45) is 1.71. The Morgan fingerprint density at radius 1 is 1.26 bits per heavy atom. The van der Waals surface area contributed by atoms with Crippen molar-refractivity contribution in [3.8, 4) is 17.1 Å². The molecule has 0 bridgehead atoms. The first-order valence-electron chi connectivity index (χ1n) is 13.5. The van der Waals surface area contributed by atoms with Crippen LogP contribution in [0.1, 0.15) is 40.8 Å². The van der Waals surface area contributed by atoms with Gasteiger partial charge in [0.2, 0.25) is 17.6 Å². The van der Waals surface area contributed by atoms with E-state index in [2.05, 4.69) is 40.9 Å². The number of rotatable bonds is 10. The minimum Gasteiger partial charge on any atom is -0.492 e. The molecule has 1 aliphatic rings. The molecule has 3 aromatic rings. The molecule has 38 heavy (non-hydrogen) atoms. The van der Waals surface area contributed by atoms with Crippen LogP contribution in [0.25, 0.3) is 11.4 Å². The topological polar surface area (TPSA) is 170 Å². The van der Waals surface area contributed by atoms with Gasteiger partial charge in [-0.3, -0.25) is 14.5 Å². The monoisotopic (exact) mass is 528 g/mol. The van der Waals surface area contributed by atoms with E-state index in [0.29, 0.717) is 31.2 Å². The van der Waals surface area contributed by atoms with Gasteiger partial charge in [0.05, 0.1) is 38.1 Å². The minimum atomic E-state index is -2.77. The highest BCUT2D eigenvalue weighted by atomic mass is 16.5. The Balaban J connectivity index is 1.65. The maximum absolute atomic E-state index is 12.8. The van der Waals surface area contributed by atoms with Gasteiger partial charge in [-0.2, -0.15) is 4.98 Å². The quantitative estimate of drug-likeness (QED) is 0.349. The molecule has 0 radical (unpaired) electrons. The van der Waals surface area contributed by atoms with E-state index >= 15 is 0 Å². The van der Waals surface area contributed by atoms with Gasteiger partial charge in [0.15, 0.2) is 23.1 Å². The molecule has 14 heteroatoms. The highest BCUT2D eigenvalue weighted by molar-refractivity contribution is 5.99. The average Bonchev–Trinajstić information content (AvgIpc) is 3.36. The highest BCUT2D eigenvalue weighted by Gasteiger charge is 2.22. The van der Waals surface area contributed by atoms with Crippen LogP contribution >= 0.6 is 0 Å². The maximum Gasteiger partial charge on any atom is 0.273 e. The molecule has 1 fully saturated rings. The second-order valence-corrected chi connectivity index (χ2v) is 8.86. The van der Waals surface area contributed by atoms with Crippen molar-refractivity contribution in [3.05, 3.63) is 29.9 Å². The van der Waals surface area contributed by atoms with Crippen LogP contribution in [0.15, 0.2) is 22.9 Å². The van der Waals surface area contributed by atoms with E-state index in [4.69, 9.17) is 18.1 Å². The number of amides is 2. The number of hydrogen-bond donors (Lipinski definition) is 3. The van der Waals surface area contributed by atoms with Crippen molar-refractivity contribution in [2.45, 2.75) is 26.8 Å². The average molecular weight is 529 g/mol. The number of morpholine rings is 1. The molecule has 1 aliphatic heterocycles. The van der Waals surface area contributed by atoms with Crippen molar-refractivity contribution >= 4 is 29.1 Å². The summed E-state index contributed by atoms with van der Waals surface area (Å²) in [5.41, 5.74) is 0.123. The molecule has 0 saturated carbocycles. The Morgan fingerprint density at radius 2 is 2.08 bits per heavy atom. The Bertz CT molecular complexity index is 1380. The van der Waals surface area contributed by atoms with Crippen LogP contribution in [0.5, 0.6) is 5.75 Å². The fraction of sp³-hybridized carbons (Fsp3) is 0.458. The molecule has 1 saturated heterocycles. The Morgan fingerprint density at radius 3 is 2.82 bits per heavy atom. The van der Waals surface area contributed by atoms with Crippen LogP contribution in [-0.4, -0.2) is 82.4 Å². The predicted octanol–water partition coefficient (Wildman–Crippen LogP) is 1.85. The number of anilines is 3. The largest absolute Gasteiger partial charge is 0.492 e. The van der Waals surface area contributed by atoms with Crippen LogP contribution in [0, 0.1) is 5.92 Å². The van der Waals surface area contributed by atoms with Gasteiger partial charge in [-0.1, -0.05) is 19.0 Å². The predicted molar refractivity (Wildman–Crippen MR) is 137 cm³/mol. The van der Waals surface area contributed by atoms with Gasteiger partial charge in [-0.15, -0.1) is 10.2 Å². The lowest BCUT2D eigenvalue weighted by molar-refractivity contribution is -0.116. The number of pyridine rings is 1. The highest BCUT2D eigenvalue weighted by Crippen LogP contribution is 2.35. The molecule has 3 aromatic heterocycles. The lowest BCUT2D eigenvalue weighted by Gasteiger charge is -2.24. The van der Waals surface area contributed by atoms with E-state index in [1.165, 1.54) is 19.4 Å². The van der Waals surface area contributed by atoms with Crippen LogP contribution in [-0.2, 0) is 16.1 Å². The van der Waals surface area contributed by atoms with Crippen molar-refractivity contribution in [1.29, 1.82) is 0 Å². The van der Waals surface area contributed by atoms with Crippen LogP contribution in [0.2, 0.25) is 0 Å². The lowest BCUT2D eigenvalue weighted by Crippen LogP contribution is -2.35. The third kappa shape index (κ3) is 6.58. The third-order valence-corrected chi connectivity index (χ3v) is 5.52. The molecular formula is C24H31N9O5. The van der Waals surface area contributed by atoms with E-state index in [1.54, 1.807) is 6.07 Å². The fourth-order valence-electron chi connectivity index (χ4n) is 3.77. The summed E-state index contributed by atoms with van der Waals surface area (Å²) < 4.78 is 38.6. The van der Waals surface area contributed by atoms with Gasteiger partial charge in [0.25, 0.3) is 5.91 Å². The van der Waals surface area contributed by atoms with Crippen molar-refractivity contribution in [2.24, 2.45) is 5.92 Å². The molecule has 14 nitrogen and oxygen atoms in total. The summed E-state index contributed by atoms with van der Waals surface area (Å²) in [5, 5.41) is 19.3. The molecule has 4 heterocycles. The van der Waals surface area contributed by atoms with Crippen molar-refractivity contribution in [2.75, 3.05) is 51.0 Å². The number of nitrogens with one attached hydrogen (secondary N) is 3. The van der Waals surface area contributed by atoms with E-state index in [0.717, 1.165) is 13.1 Å². The normalized spacial score (nSPS) is 15.3. The molecule has 3 N–H and O–H groups in total. The fourth-order valence-corrected chi connectivity index (χ4v) is 3.77. The molecule has 2 amide bonds. The van der Waals surface area contributed by atoms with Gasteiger partial charge in [0.1, 0.15) is 0 Å². The van der Waals surface area contributed by atoms with E-state index in [9.17, 15) is 9.59 Å². The second-order valence-electron chi connectivity index (χ2n) is 8.86. The zero-order valence-electron chi connectivity index (χ0n) is 24.3. The Hall–Kier alpha value is -4.17. The molecule has 0 aromatic carbocycles. The summed E-state index contributed by atoms with van der Waals surface area (Å²) in [7, 11) is 1.42. The summed E-state index contributed by atoms with van der Waals surface area (Å²) in [4.78, 5) is 36.0. The Labute approximate surface area is 223 Å². The number of hydrogen-bond acceptors (Lipinski definition) is 12. The molecule has 0 spiro atoms. The maximum atomic E-state index is 12.8. The number of ether oxygens (including phenoxy) is 2. The van der Waals surface area contributed by atoms with Gasteiger partial charge in [-0.25, -0.2) is 4.98 Å². The Kier molecular flexibility index (Phi) is 7.49. The first-order chi connectivity index (χ1) is 19.5. The minimum absolute atomic E-state index is 0.0191. The van der Waals surface area contributed by atoms with Crippen LogP contribution in [0.3, 0.4) is 0 Å². The zero-order valence-corrected chi connectivity index (χ0v) is 21.3. The molecule has 0 aliphatic carbocycles. The van der Waals surface area contributed by atoms with Gasteiger partial charge >= 0.3 is 0 Å². The third-order valence-electron chi connectivity index (χ3n) is 5.52. The molecule has 202 valence electrons. The molecular weight excluding hydrogens is 494 g/mol. The summed E-state index contributed by atoms with van der Waals surface area (Å²) in [6, 6.07) is 2.99. The van der Waals surface area contributed by atoms with Crippen molar-refractivity contribution in [3.63, 3.8) is 0 Å². The SMILES string of the molecule is [2H]C([2H])([2H])NC(=O)c1nnc(NC(=O)CC(C)C)cc1Nc1nccc(-c2noc(CN3CCOCC3)n2)c1OC. The standard InChI is InChI=1S/C24H31N9O5/c1-14(2)11-18(34)28-17-12-16(20(31-30-17)24(35)25-3)27-23-21(36-4)15(5-6-26-23)22-29-19(38-32-22)13-33-7-9-37-10-8-33/h5-6,12,14H,7-11,13H2,1-4H3,(H,25,35)(H2,26,27,28,30,34)/i3D3. The van der Waals surface area contributed by atoms with Gasteiger partial charge < -0.3 is 29.9 Å². The number of carbonyl (C=O) groups is 2. The summed E-state index contributed by atoms with van der Waals surface area (Å²) in [5.74, 6) is -0.144. The van der Waals surface area contributed by atoms with Gasteiger partial charge in [0, 0.05) is 42.9 Å².